The second kappa shape index (κ2) is 4.88. The quantitative estimate of drug-likeness (QED) is 0.818. The summed E-state index contributed by atoms with van der Waals surface area (Å²) in [7, 11) is 0. The van der Waals surface area contributed by atoms with Gasteiger partial charge in [-0.15, -0.1) is 0 Å². The Morgan fingerprint density at radius 2 is 1.85 bits per heavy atom. The van der Waals surface area contributed by atoms with E-state index in [4.69, 9.17) is 0 Å². The van der Waals surface area contributed by atoms with Crippen LogP contribution in [0.1, 0.15) is 18.1 Å². The molecule has 104 valence electrons. The van der Waals surface area contributed by atoms with Gasteiger partial charge in [0, 0.05) is 0 Å². The monoisotopic (exact) mass is 274 g/mol. The lowest BCUT2D eigenvalue weighted by atomic mass is 9.99. The van der Waals surface area contributed by atoms with Gasteiger partial charge in [-0.25, -0.2) is 9.69 Å². The molecule has 1 aliphatic heterocycles. The molecule has 1 aromatic carbocycles. The zero-order chi connectivity index (χ0) is 15.0. The average molecular weight is 274 g/mol. The zero-order valence-corrected chi connectivity index (χ0v) is 11.4. The summed E-state index contributed by atoms with van der Waals surface area (Å²) in [6.45, 7) is 4.79. The summed E-state index contributed by atoms with van der Waals surface area (Å²) in [6, 6.07) is 4.36. The van der Waals surface area contributed by atoms with E-state index in [2.05, 4.69) is 0 Å². The summed E-state index contributed by atoms with van der Waals surface area (Å²) in [4.78, 5) is 48.0. The fraction of sp³-hybridized carbons (Fsp3) is 0.286. The van der Waals surface area contributed by atoms with Gasteiger partial charge in [0.1, 0.15) is 0 Å². The van der Waals surface area contributed by atoms with Crippen LogP contribution in [-0.2, 0) is 14.4 Å². The third-order valence-corrected chi connectivity index (χ3v) is 3.16. The molecule has 0 aliphatic carbocycles. The Balaban J connectivity index is 2.49. The molecule has 1 atom stereocenters. The lowest BCUT2D eigenvalue weighted by Crippen LogP contribution is -2.60. The van der Waals surface area contributed by atoms with E-state index >= 15 is 0 Å². The second-order valence-electron chi connectivity index (χ2n) is 4.80. The summed E-state index contributed by atoms with van der Waals surface area (Å²) in [6.07, 6.45) is 0. The van der Waals surface area contributed by atoms with Crippen molar-refractivity contribution in [2.24, 2.45) is 5.92 Å². The Hall–Kier alpha value is -2.50. The number of Topliss-reactive ketones (excluding diaryl/α,β-unsaturated/α-hetero) is 1. The van der Waals surface area contributed by atoms with Crippen LogP contribution in [0.15, 0.2) is 18.2 Å². The number of imide groups is 2. The van der Waals surface area contributed by atoms with E-state index < -0.39 is 29.5 Å². The van der Waals surface area contributed by atoms with Gasteiger partial charge in [0.15, 0.2) is 11.7 Å². The molecule has 1 fully saturated rings. The van der Waals surface area contributed by atoms with Gasteiger partial charge >= 0.3 is 6.03 Å². The van der Waals surface area contributed by atoms with Gasteiger partial charge in [-0.05, 0) is 32.4 Å². The lowest BCUT2D eigenvalue weighted by molar-refractivity contribution is -0.140. The molecule has 6 nitrogen and oxygen atoms in total. The van der Waals surface area contributed by atoms with Gasteiger partial charge in [0.05, 0.1) is 5.69 Å². The molecule has 4 amide bonds. The molecule has 0 saturated carbocycles. The number of hydrogen-bond donors (Lipinski definition) is 1. The third kappa shape index (κ3) is 2.20. The summed E-state index contributed by atoms with van der Waals surface area (Å²) < 4.78 is 0. The summed E-state index contributed by atoms with van der Waals surface area (Å²) in [5.74, 6) is -3.73. The predicted molar refractivity (Wildman–Crippen MR) is 71.1 cm³/mol. The minimum absolute atomic E-state index is 0.372. The predicted octanol–water partition coefficient (Wildman–Crippen LogP) is 1.09. The molecule has 1 N–H and O–H groups in total. The van der Waals surface area contributed by atoms with Crippen LogP contribution in [0.25, 0.3) is 0 Å². The number of ketones is 1. The van der Waals surface area contributed by atoms with E-state index in [0.717, 1.165) is 17.4 Å². The van der Waals surface area contributed by atoms with Crippen molar-refractivity contribution in [3.63, 3.8) is 0 Å². The lowest BCUT2D eigenvalue weighted by Gasteiger charge is -2.30. The number of nitrogens with one attached hydrogen (secondary N) is 1. The number of anilines is 1. The molecule has 2 rings (SSSR count). The molecule has 6 heteroatoms. The first kappa shape index (κ1) is 13.9. The number of amides is 4. The second-order valence-corrected chi connectivity index (χ2v) is 4.80. The number of hydrogen-bond acceptors (Lipinski definition) is 4. The summed E-state index contributed by atoms with van der Waals surface area (Å²) >= 11 is 0. The van der Waals surface area contributed by atoms with Crippen LogP contribution in [0.3, 0.4) is 0 Å². The smallest absolute Gasteiger partial charge is 0.299 e. The van der Waals surface area contributed by atoms with Gasteiger partial charge in [-0.1, -0.05) is 17.7 Å². The first-order chi connectivity index (χ1) is 9.32. The van der Waals surface area contributed by atoms with Crippen molar-refractivity contribution >= 4 is 29.3 Å². The van der Waals surface area contributed by atoms with E-state index in [9.17, 15) is 19.2 Å². The van der Waals surface area contributed by atoms with E-state index in [-0.39, 0.29) is 0 Å². The van der Waals surface area contributed by atoms with Crippen molar-refractivity contribution < 1.29 is 19.2 Å². The number of rotatable bonds is 2. The van der Waals surface area contributed by atoms with Gasteiger partial charge in [-0.2, -0.15) is 0 Å². The zero-order valence-electron chi connectivity index (χ0n) is 11.4. The Morgan fingerprint density at radius 3 is 2.40 bits per heavy atom. The van der Waals surface area contributed by atoms with Crippen LogP contribution in [0.4, 0.5) is 10.5 Å². The van der Waals surface area contributed by atoms with E-state index in [1.807, 2.05) is 18.3 Å². The molecule has 0 unspecified atom stereocenters. The van der Waals surface area contributed by atoms with Crippen molar-refractivity contribution in [3.05, 3.63) is 29.3 Å². The largest absolute Gasteiger partial charge is 0.335 e. The fourth-order valence-corrected chi connectivity index (χ4v) is 2.22. The molecule has 0 radical (unpaired) electrons. The highest BCUT2D eigenvalue weighted by Gasteiger charge is 2.44. The highest BCUT2D eigenvalue weighted by atomic mass is 16.2. The average Bonchev–Trinajstić information content (AvgIpc) is 2.30. The standard InChI is InChI=1S/C14H14N2O4/c1-7-4-5-10(8(2)6-7)16-13(19)11(9(3)17)12(18)15-14(16)20/h4-6,11H,1-3H3,(H,15,18,20)/t11-/m1/s1. The minimum atomic E-state index is -1.46. The van der Waals surface area contributed by atoms with Crippen molar-refractivity contribution in [1.82, 2.24) is 5.32 Å². The van der Waals surface area contributed by atoms with Crippen molar-refractivity contribution in [2.75, 3.05) is 4.90 Å². The van der Waals surface area contributed by atoms with E-state index in [1.54, 1.807) is 19.1 Å². The molecule has 1 saturated heterocycles. The molecular weight excluding hydrogens is 260 g/mol. The van der Waals surface area contributed by atoms with Crippen LogP contribution < -0.4 is 10.2 Å². The van der Waals surface area contributed by atoms with Gasteiger partial charge < -0.3 is 0 Å². The first-order valence-electron chi connectivity index (χ1n) is 6.09. The highest BCUT2D eigenvalue weighted by Crippen LogP contribution is 2.25. The maximum absolute atomic E-state index is 12.2. The van der Waals surface area contributed by atoms with Crippen LogP contribution >= 0.6 is 0 Å². The topological polar surface area (TPSA) is 83.6 Å². The number of carbonyl (C=O) groups is 4. The molecule has 20 heavy (non-hydrogen) atoms. The number of aryl methyl sites for hydroxylation is 2. The number of urea groups is 1. The molecule has 1 aromatic rings. The number of carbonyl (C=O) groups excluding carboxylic acids is 4. The Labute approximate surface area is 115 Å². The van der Waals surface area contributed by atoms with Gasteiger partial charge in [-0.3, -0.25) is 19.7 Å². The molecule has 0 spiro atoms. The van der Waals surface area contributed by atoms with Crippen molar-refractivity contribution in [2.45, 2.75) is 20.8 Å². The SMILES string of the molecule is CC(=O)[C@@H]1C(=O)NC(=O)N(c2ccc(C)cc2C)C1=O. The van der Waals surface area contributed by atoms with Crippen LogP contribution in [0, 0.1) is 19.8 Å². The highest BCUT2D eigenvalue weighted by molar-refractivity contribution is 6.34. The molecular formula is C14H14N2O4. The summed E-state index contributed by atoms with van der Waals surface area (Å²) in [5.41, 5.74) is 2.07. The van der Waals surface area contributed by atoms with Crippen LogP contribution in [0.5, 0.6) is 0 Å². The maximum atomic E-state index is 12.2. The van der Waals surface area contributed by atoms with Crippen molar-refractivity contribution in [1.29, 1.82) is 0 Å². The Kier molecular flexibility index (Phi) is 3.40. The fourth-order valence-electron chi connectivity index (χ4n) is 2.22. The van der Waals surface area contributed by atoms with Gasteiger partial charge in [0.25, 0.3) is 5.91 Å². The molecule has 0 aromatic heterocycles. The maximum Gasteiger partial charge on any atom is 0.335 e. The molecule has 1 heterocycles. The number of benzene rings is 1. The summed E-state index contributed by atoms with van der Waals surface area (Å²) in [5, 5.41) is 2.04. The Morgan fingerprint density at radius 1 is 1.20 bits per heavy atom. The van der Waals surface area contributed by atoms with E-state index in [0.29, 0.717) is 11.3 Å². The minimum Gasteiger partial charge on any atom is -0.299 e. The van der Waals surface area contributed by atoms with Crippen molar-refractivity contribution in [3.8, 4) is 0 Å². The number of nitrogens with zero attached hydrogens (tertiary/aromatic N) is 1. The van der Waals surface area contributed by atoms with E-state index in [1.165, 1.54) is 0 Å². The van der Waals surface area contributed by atoms with Gasteiger partial charge in [0.2, 0.25) is 5.91 Å². The molecule has 0 bridgehead atoms. The number of barbiturate groups is 1. The third-order valence-electron chi connectivity index (χ3n) is 3.16. The normalized spacial score (nSPS) is 19.1. The van der Waals surface area contributed by atoms with Crippen LogP contribution in [0.2, 0.25) is 0 Å². The first-order valence-corrected chi connectivity index (χ1v) is 6.09. The Bertz CT molecular complexity index is 636. The van der Waals surface area contributed by atoms with Crippen LogP contribution in [-0.4, -0.2) is 23.6 Å². The molecule has 1 aliphatic rings.